The largest absolute Gasteiger partial charge is 0.497 e. The molecule has 5 nitrogen and oxygen atoms in total. The molecule has 0 amide bonds. The highest BCUT2D eigenvalue weighted by molar-refractivity contribution is 7.89. The molecule has 0 bridgehead atoms. The van der Waals surface area contributed by atoms with Gasteiger partial charge in [0.15, 0.2) is 0 Å². The van der Waals surface area contributed by atoms with E-state index in [0.717, 1.165) is 0 Å². The molecule has 4 rings (SSSR count). The van der Waals surface area contributed by atoms with Crippen LogP contribution in [0, 0.1) is 13.8 Å². The van der Waals surface area contributed by atoms with Crippen molar-refractivity contribution in [1.29, 1.82) is 0 Å². The second-order valence-electron chi connectivity index (χ2n) is 8.29. The molecule has 0 radical (unpaired) electrons. The summed E-state index contributed by atoms with van der Waals surface area (Å²) in [7, 11) is -1.96. The summed E-state index contributed by atoms with van der Waals surface area (Å²) in [6, 6.07) is 23.8. The zero-order valence-electron chi connectivity index (χ0n) is 18.9. The predicted molar refractivity (Wildman–Crippen MR) is 128 cm³/mol. The molecule has 0 N–H and O–H groups in total. The first-order valence-electron chi connectivity index (χ1n) is 10.9. The van der Waals surface area contributed by atoms with Crippen molar-refractivity contribution in [3.63, 3.8) is 0 Å². The van der Waals surface area contributed by atoms with Gasteiger partial charge in [-0.25, -0.2) is 8.42 Å². The van der Waals surface area contributed by atoms with Crippen LogP contribution in [0.25, 0.3) is 0 Å². The average molecular weight is 451 g/mol. The second kappa shape index (κ2) is 9.45. The summed E-state index contributed by atoms with van der Waals surface area (Å²) in [5, 5.41) is 0. The van der Waals surface area contributed by atoms with Gasteiger partial charge in [0.1, 0.15) is 5.75 Å². The van der Waals surface area contributed by atoms with E-state index < -0.39 is 10.0 Å². The Morgan fingerprint density at radius 3 is 2.12 bits per heavy atom. The van der Waals surface area contributed by atoms with Crippen LogP contribution in [0.3, 0.4) is 0 Å². The van der Waals surface area contributed by atoms with Crippen molar-refractivity contribution in [2.75, 3.05) is 33.3 Å². The summed E-state index contributed by atoms with van der Waals surface area (Å²) < 4.78 is 33.1. The molecule has 168 valence electrons. The standard InChI is InChI=1S/C26H30N2O3S/c1-20-9-10-21(2)25(19-20)26(22-7-5-4-6-8-22)27-15-17-28(18-16-27)32(29,30)24-13-11-23(31-3)12-14-24/h4-14,19,26H,15-18H2,1-3H3. The lowest BCUT2D eigenvalue weighted by Gasteiger charge is -2.39. The second-order valence-corrected chi connectivity index (χ2v) is 10.2. The molecule has 1 aliphatic heterocycles. The minimum atomic E-state index is -3.53. The molecule has 1 heterocycles. The van der Waals surface area contributed by atoms with E-state index in [1.54, 1.807) is 35.7 Å². The van der Waals surface area contributed by atoms with E-state index in [1.807, 2.05) is 6.07 Å². The molecule has 1 fully saturated rings. The van der Waals surface area contributed by atoms with Gasteiger partial charge in [-0.1, -0.05) is 54.1 Å². The third-order valence-electron chi connectivity index (χ3n) is 6.18. The maximum absolute atomic E-state index is 13.2. The van der Waals surface area contributed by atoms with Gasteiger partial charge in [-0.3, -0.25) is 4.90 Å². The number of hydrogen-bond acceptors (Lipinski definition) is 4. The van der Waals surface area contributed by atoms with E-state index >= 15 is 0 Å². The number of piperazine rings is 1. The summed E-state index contributed by atoms with van der Waals surface area (Å²) in [4.78, 5) is 2.71. The summed E-state index contributed by atoms with van der Waals surface area (Å²) in [6.45, 7) is 6.52. The summed E-state index contributed by atoms with van der Waals surface area (Å²) in [5.74, 6) is 0.646. The Kier molecular flexibility index (Phi) is 6.65. The number of benzene rings is 3. The molecule has 0 aliphatic carbocycles. The van der Waals surface area contributed by atoms with Gasteiger partial charge in [-0.05, 0) is 54.8 Å². The highest BCUT2D eigenvalue weighted by Gasteiger charge is 2.32. The summed E-state index contributed by atoms with van der Waals surface area (Å²) >= 11 is 0. The van der Waals surface area contributed by atoms with E-state index in [-0.39, 0.29) is 6.04 Å². The third-order valence-corrected chi connectivity index (χ3v) is 8.09. The lowest BCUT2D eigenvalue weighted by atomic mass is 9.92. The Morgan fingerprint density at radius 2 is 1.50 bits per heavy atom. The quantitative estimate of drug-likeness (QED) is 0.558. The molecule has 1 saturated heterocycles. The SMILES string of the molecule is COc1ccc(S(=O)(=O)N2CCN(C(c3ccccc3)c3cc(C)ccc3C)CC2)cc1. The number of ether oxygens (including phenoxy) is 1. The van der Waals surface area contributed by atoms with E-state index in [9.17, 15) is 8.42 Å². The van der Waals surface area contributed by atoms with Crippen LogP contribution in [0.15, 0.2) is 77.7 Å². The summed E-state index contributed by atoms with van der Waals surface area (Å²) in [6.07, 6.45) is 0. The topological polar surface area (TPSA) is 49.9 Å². The molecular weight excluding hydrogens is 420 g/mol. The molecular formula is C26H30N2O3S. The maximum Gasteiger partial charge on any atom is 0.243 e. The van der Waals surface area contributed by atoms with Gasteiger partial charge in [-0.15, -0.1) is 0 Å². The van der Waals surface area contributed by atoms with Crippen LogP contribution in [0.2, 0.25) is 0 Å². The highest BCUT2D eigenvalue weighted by Crippen LogP contribution is 2.33. The lowest BCUT2D eigenvalue weighted by Crippen LogP contribution is -2.49. The average Bonchev–Trinajstić information content (AvgIpc) is 2.82. The third kappa shape index (κ3) is 4.58. The van der Waals surface area contributed by atoms with Crippen molar-refractivity contribution < 1.29 is 13.2 Å². The molecule has 32 heavy (non-hydrogen) atoms. The fraction of sp³-hybridized carbons (Fsp3) is 0.308. The van der Waals surface area contributed by atoms with E-state index in [2.05, 4.69) is 61.2 Å². The first-order valence-corrected chi connectivity index (χ1v) is 12.3. The molecule has 1 aliphatic rings. The normalized spacial score (nSPS) is 16.6. The van der Waals surface area contributed by atoms with E-state index in [1.165, 1.54) is 22.3 Å². The number of methoxy groups -OCH3 is 1. The van der Waals surface area contributed by atoms with Crippen molar-refractivity contribution in [3.8, 4) is 5.75 Å². The van der Waals surface area contributed by atoms with Gasteiger partial charge in [-0.2, -0.15) is 4.31 Å². The first kappa shape index (κ1) is 22.5. The Balaban J connectivity index is 1.58. The van der Waals surface area contributed by atoms with E-state index in [4.69, 9.17) is 4.74 Å². The van der Waals surface area contributed by atoms with Gasteiger partial charge >= 0.3 is 0 Å². The number of hydrogen-bond donors (Lipinski definition) is 0. The Hall–Kier alpha value is -2.67. The zero-order chi connectivity index (χ0) is 22.7. The van der Waals surface area contributed by atoms with Crippen LogP contribution < -0.4 is 4.74 Å². The monoisotopic (exact) mass is 450 g/mol. The Labute approximate surface area is 191 Å². The molecule has 3 aromatic rings. The molecule has 0 spiro atoms. The maximum atomic E-state index is 13.2. The molecule has 3 aromatic carbocycles. The molecule has 1 atom stereocenters. The zero-order valence-corrected chi connectivity index (χ0v) is 19.7. The van der Waals surface area contributed by atoms with Gasteiger partial charge < -0.3 is 4.74 Å². The minimum absolute atomic E-state index is 0.0990. The van der Waals surface area contributed by atoms with Crippen LogP contribution in [0.5, 0.6) is 5.75 Å². The van der Waals surface area contributed by atoms with Crippen LogP contribution >= 0.6 is 0 Å². The number of aryl methyl sites for hydroxylation is 2. The number of rotatable bonds is 6. The lowest BCUT2D eigenvalue weighted by molar-refractivity contribution is 0.155. The smallest absolute Gasteiger partial charge is 0.243 e. The van der Waals surface area contributed by atoms with Crippen molar-refractivity contribution in [2.45, 2.75) is 24.8 Å². The van der Waals surface area contributed by atoms with Crippen molar-refractivity contribution in [3.05, 3.63) is 95.1 Å². The van der Waals surface area contributed by atoms with Crippen LogP contribution in [0.1, 0.15) is 28.3 Å². The van der Waals surface area contributed by atoms with Crippen molar-refractivity contribution >= 4 is 10.0 Å². The predicted octanol–water partition coefficient (Wildman–Crippen LogP) is 4.41. The first-order chi connectivity index (χ1) is 15.4. The van der Waals surface area contributed by atoms with Gasteiger partial charge in [0.25, 0.3) is 0 Å². The molecule has 0 saturated carbocycles. The molecule has 1 unspecified atom stereocenters. The van der Waals surface area contributed by atoms with Crippen LogP contribution in [-0.4, -0.2) is 50.9 Å². The molecule has 0 aromatic heterocycles. The number of sulfonamides is 1. The molecule has 6 heteroatoms. The minimum Gasteiger partial charge on any atom is -0.497 e. The summed E-state index contributed by atoms with van der Waals surface area (Å²) in [5.41, 5.74) is 4.99. The Morgan fingerprint density at radius 1 is 0.844 bits per heavy atom. The fourth-order valence-electron chi connectivity index (χ4n) is 4.38. The highest BCUT2D eigenvalue weighted by atomic mass is 32.2. The van der Waals surface area contributed by atoms with Gasteiger partial charge in [0.05, 0.1) is 18.0 Å². The fourth-order valence-corrected chi connectivity index (χ4v) is 5.80. The van der Waals surface area contributed by atoms with Crippen LogP contribution in [0.4, 0.5) is 0 Å². The van der Waals surface area contributed by atoms with Crippen molar-refractivity contribution in [1.82, 2.24) is 9.21 Å². The van der Waals surface area contributed by atoms with Gasteiger partial charge in [0, 0.05) is 26.2 Å². The number of nitrogens with zero attached hydrogens (tertiary/aromatic N) is 2. The van der Waals surface area contributed by atoms with E-state index in [0.29, 0.717) is 36.8 Å². The van der Waals surface area contributed by atoms with Crippen molar-refractivity contribution in [2.24, 2.45) is 0 Å². The van der Waals surface area contributed by atoms with Gasteiger partial charge in [0.2, 0.25) is 10.0 Å². The Bertz CT molecular complexity index is 1150. The van der Waals surface area contributed by atoms with Crippen LogP contribution in [-0.2, 0) is 10.0 Å².